The molecule has 1 saturated heterocycles. The molecule has 1 aliphatic heterocycles. The Morgan fingerprint density at radius 1 is 1.00 bits per heavy atom. The van der Waals surface area contributed by atoms with E-state index in [2.05, 4.69) is 5.32 Å². The molecule has 1 aromatic heterocycles. The Hall–Kier alpha value is -4.01. The van der Waals surface area contributed by atoms with Crippen LogP contribution in [0.15, 0.2) is 72.8 Å². The van der Waals surface area contributed by atoms with E-state index in [1.54, 1.807) is 18.2 Å². The van der Waals surface area contributed by atoms with Gasteiger partial charge in [-0.1, -0.05) is 35.3 Å². The highest BCUT2D eigenvalue weighted by molar-refractivity contribution is 6.36. The Balaban J connectivity index is 1.34. The average molecular weight is 638 g/mol. The smallest absolute Gasteiger partial charge is 0.270 e. The van der Waals surface area contributed by atoms with E-state index >= 15 is 0 Å². The summed E-state index contributed by atoms with van der Waals surface area (Å²) >= 11 is 12.9. The van der Waals surface area contributed by atoms with Crippen molar-refractivity contribution in [1.82, 2.24) is 9.47 Å². The van der Waals surface area contributed by atoms with Crippen molar-refractivity contribution in [2.75, 3.05) is 31.6 Å². The lowest BCUT2D eigenvalue weighted by atomic mass is 9.96. The van der Waals surface area contributed by atoms with Gasteiger partial charge in [-0.3, -0.25) is 9.59 Å². The van der Waals surface area contributed by atoms with Crippen molar-refractivity contribution >= 4 is 40.7 Å². The number of benzene rings is 3. The van der Waals surface area contributed by atoms with Crippen LogP contribution >= 0.6 is 23.2 Å². The first-order valence-electron chi connectivity index (χ1n) is 14.6. The zero-order valence-corrected chi connectivity index (χ0v) is 26.0. The molecule has 44 heavy (non-hydrogen) atoms. The van der Waals surface area contributed by atoms with E-state index in [4.69, 9.17) is 33.7 Å². The van der Waals surface area contributed by atoms with Gasteiger partial charge in [0.25, 0.3) is 5.91 Å². The number of halogens is 3. The minimum atomic E-state index is -0.353. The van der Waals surface area contributed by atoms with Crippen molar-refractivity contribution in [3.8, 4) is 28.1 Å². The number of hydrogen-bond acceptors (Lipinski definition) is 4. The maximum atomic E-state index is 13.9. The lowest BCUT2D eigenvalue weighted by Gasteiger charge is -2.32. The van der Waals surface area contributed by atoms with E-state index in [0.29, 0.717) is 53.5 Å². The zero-order chi connectivity index (χ0) is 31.2. The molecule has 0 atom stereocenters. The van der Waals surface area contributed by atoms with Crippen LogP contribution in [0.25, 0.3) is 22.4 Å². The van der Waals surface area contributed by atoms with Crippen LogP contribution in [0.3, 0.4) is 0 Å². The normalized spacial score (nSPS) is 13.6. The number of piperidine rings is 1. The summed E-state index contributed by atoms with van der Waals surface area (Å²) < 4.78 is 21.2. The summed E-state index contributed by atoms with van der Waals surface area (Å²) in [4.78, 5) is 26.8. The van der Waals surface area contributed by atoms with Crippen LogP contribution in [-0.2, 0) is 11.8 Å². The van der Waals surface area contributed by atoms with Gasteiger partial charge in [-0.05, 0) is 91.4 Å². The maximum Gasteiger partial charge on any atom is 0.270 e. The molecule has 0 bridgehead atoms. The molecule has 10 heteroatoms. The number of nitrogens with one attached hydrogen (secondary N) is 1. The molecule has 1 fully saturated rings. The second-order valence-corrected chi connectivity index (χ2v) is 11.9. The number of carbonyl (C=O) groups is 2. The Morgan fingerprint density at radius 3 is 2.43 bits per heavy atom. The lowest BCUT2D eigenvalue weighted by molar-refractivity contribution is -0.118. The first-order valence-corrected chi connectivity index (χ1v) is 15.4. The molecule has 7 nitrogen and oxygen atoms in total. The largest absolute Gasteiger partial charge is 0.494 e. The Labute approximate surface area is 266 Å². The Kier molecular flexibility index (Phi) is 10.1. The topological polar surface area (TPSA) is 89.6 Å². The highest BCUT2D eigenvalue weighted by Crippen LogP contribution is 2.40. The number of carbonyl (C=O) groups excluding carboxylic acids is 2. The van der Waals surface area contributed by atoms with E-state index in [1.165, 1.54) is 12.1 Å². The van der Waals surface area contributed by atoms with Gasteiger partial charge in [0.1, 0.15) is 17.3 Å². The van der Waals surface area contributed by atoms with Crippen molar-refractivity contribution in [2.24, 2.45) is 18.7 Å². The number of aromatic nitrogens is 1. The van der Waals surface area contributed by atoms with Crippen molar-refractivity contribution in [1.29, 1.82) is 0 Å². The van der Waals surface area contributed by atoms with Crippen molar-refractivity contribution in [3.05, 3.63) is 94.4 Å². The third-order valence-electron chi connectivity index (χ3n) is 7.96. The molecule has 1 aliphatic rings. The fourth-order valence-electron chi connectivity index (χ4n) is 5.58. The van der Waals surface area contributed by atoms with Crippen LogP contribution in [0.2, 0.25) is 10.0 Å². The van der Waals surface area contributed by atoms with Crippen molar-refractivity contribution < 1.29 is 18.7 Å². The minimum Gasteiger partial charge on any atom is -0.494 e. The summed E-state index contributed by atoms with van der Waals surface area (Å²) in [5.41, 5.74) is 9.85. The summed E-state index contributed by atoms with van der Waals surface area (Å²) in [6.07, 6.45) is 2.51. The van der Waals surface area contributed by atoms with Gasteiger partial charge < -0.3 is 25.3 Å². The van der Waals surface area contributed by atoms with Gasteiger partial charge in [0.05, 0.1) is 12.3 Å². The summed E-state index contributed by atoms with van der Waals surface area (Å²) in [7, 11) is 1.89. The van der Waals surface area contributed by atoms with Gasteiger partial charge in [-0.15, -0.1) is 0 Å². The number of likely N-dealkylation sites (tertiary alicyclic amines) is 1. The van der Waals surface area contributed by atoms with Gasteiger partial charge in [-0.2, -0.15) is 0 Å². The van der Waals surface area contributed by atoms with Crippen LogP contribution in [0.5, 0.6) is 5.75 Å². The second kappa shape index (κ2) is 14.2. The molecule has 0 saturated carbocycles. The first-order chi connectivity index (χ1) is 21.2. The molecule has 2 amide bonds. The van der Waals surface area contributed by atoms with E-state index in [1.807, 2.05) is 59.0 Å². The molecule has 4 aromatic rings. The van der Waals surface area contributed by atoms with E-state index in [0.717, 1.165) is 47.5 Å². The number of rotatable bonds is 11. The number of nitrogens with two attached hydrogens (primary N) is 1. The standard InChI is InChI=1S/C34H35Cl2FN4O3/c1-40-31(34(43)41-15-13-22(14-16-41)21-39-26-5-2-4-25(37)19-26)20-29(28-12-9-24(35)18-30(28)36)33(40)23-7-10-27(11-8-23)44-17-3-6-32(38)42/h2,4-5,7-12,18-20,22,39H,3,6,13-17,21H2,1H3,(H2,38,42). The molecular weight excluding hydrogens is 602 g/mol. The Morgan fingerprint density at radius 2 is 1.75 bits per heavy atom. The third-order valence-corrected chi connectivity index (χ3v) is 8.51. The zero-order valence-electron chi connectivity index (χ0n) is 24.5. The predicted molar refractivity (Wildman–Crippen MR) is 174 cm³/mol. The SMILES string of the molecule is Cn1c(C(=O)N2CCC(CNc3cccc(F)c3)CC2)cc(-c2ccc(Cl)cc2Cl)c1-c1ccc(OCCCC(N)=O)cc1. The number of anilines is 1. The Bertz CT molecular complexity index is 1630. The fourth-order valence-corrected chi connectivity index (χ4v) is 6.09. The summed E-state index contributed by atoms with van der Waals surface area (Å²) in [5.74, 6) is 0.387. The number of nitrogens with zero attached hydrogens (tertiary/aromatic N) is 2. The molecule has 0 radical (unpaired) electrons. The number of primary amides is 1. The molecular formula is C34H35Cl2FN4O3. The maximum absolute atomic E-state index is 13.9. The molecule has 230 valence electrons. The summed E-state index contributed by atoms with van der Waals surface area (Å²) in [6, 6.07) is 21.3. The van der Waals surface area contributed by atoms with Gasteiger partial charge >= 0.3 is 0 Å². The van der Waals surface area contributed by atoms with E-state index in [9.17, 15) is 14.0 Å². The first kappa shape index (κ1) is 31.4. The quantitative estimate of drug-likeness (QED) is 0.168. The molecule has 2 heterocycles. The average Bonchev–Trinajstić information content (AvgIpc) is 3.35. The highest BCUT2D eigenvalue weighted by atomic mass is 35.5. The molecule has 3 N–H and O–H groups in total. The van der Waals surface area contributed by atoms with E-state index in [-0.39, 0.29) is 24.1 Å². The highest BCUT2D eigenvalue weighted by Gasteiger charge is 2.28. The van der Waals surface area contributed by atoms with Gasteiger partial charge in [0.15, 0.2) is 0 Å². The molecule has 0 unspecified atom stereocenters. The van der Waals surface area contributed by atoms with Gasteiger partial charge in [-0.25, -0.2) is 4.39 Å². The van der Waals surface area contributed by atoms with Crippen LogP contribution in [-0.4, -0.2) is 47.5 Å². The van der Waals surface area contributed by atoms with Gasteiger partial charge in [0, 0.05) is 60.0 Å². The van der Waals surface area contributed by atoms with Crippen molar-refractivity contribution in [2.45, 2.75) is 25.7 Å². The second-order valence-electron chi connectivity index (χ2n) is 11.0. The van der Waals surface area contributed by atoms with E-state index < -0.39 is 0 Å². The molecule has 0 spiro atoms. The molecule has 3 aromatic carbocycles. The fraction of sp³-hybridized carbons (Fsp3) is 0.294. The summed E-state index contributed by atoms with van der Waals surface area (Å²) in [6.45, 7) is 2.37. The van der Waals surface area contributed by atoms with Gasteiger partial charge in [0.2, 0.25) is 5.91 Å². The number of ether oxygens (including phenoxy) is 1. The third kappa shape index (κ3) is 7.55. The number of amides is 2. The minimum absolute atomic E-state index is 0.0453. The summed E-state index contributed by atoms with van der Waals surface area (Å²) in [5, 5.41) is 4.34. The van der Waals surface area contributed by atoms with Crippen molar-refractivity contribution in [3.63, 3.8) is 0 Å². The monoisotopic (exact) mass is 636 g/mol. The predicted octanol–water partition coefficient (Wildman–Crippen LogP) is 7.41. The molecule has 0 aliphatic carbocycles. The van der Waals surface area contributed by atoms with Crippen LogP contribution < -0.4 is 15.8 Å². The molecule has 5 rings (SSSR count). The van der Waals surface area contributed by atoms with Crippen LogP contribution in [0, 0.1) is 11.7 Å². The lowest BCUT2D eigenvalue weighted by Crippen LogP contribution is -2.40. The van der Waals surface area contributed by atoms with Crippen LogP contribution in [0.1, 0.15) is 36.2 Å². The number of hydrogen-bond donors (Lipinski definition) is 2. The van der Waals surface area contributed by atoms with Crippen LogP contribution in [0.4, 0.5) is 10.1 Å².